The quantitative estimate of drug-likeness (QED) is 0.476. The molecule has 7 heteroatoms. The van der Waals surface area contributed by atoms with Crippen LogP contribution < -0.4 is 5.32 Å². The lowest BCUT2D eigenvalue weighted by Gasteiger charge is -2.11. The largest absolute Gasteiger partial charge is 0.325 e. The number of hydrogen-bond donors (Lipinski definition) is 1. The van der Waals surface area contributed by atoms with E-state index in [4.69, 9.17) is 11.6 Å². The molecule has 0 spiro atoms. The van der Waals surface area contributed by atoms with E-state index in [9.17, 15) is 9.59 Å². The van der Waals surface area contributed by atoms with Gasteiger partial charge < -0.3 is 5.32 Å². The van der Waals surface area contributed by atoms with Gasteiger partial charge in [-0.05, 0) is 44.2 Å². The van der Waals surface area contributed by atoms with Crippen molar-refractivity contribution in [2.45, 2.75) is 23.4 Å². The van der Waals surface area contributed by atoms with Crippen molar-refractivity contribution in [1.82, 2.24) is 4.98 Å². The molecular formula is C18H15ClN2O2S2. The Bertz CT molecular complexity index is 955. The number of thioether (sulfide) groups is 1. The molecule has 1 heterocycles. The van der Waals surface area contributed by atoms with Crippen molar-refractivity contribution >= 4 is 62.3 Å². The molecule has 0 fully saturated rings. The van der Waals surface area contributed by atoms with Crippen LogP contribution in [0.2, 0.25) is 5.02 Å². The summed E-state index contributed by atoms with van der Waals surface area (Å²) in [5, 5.41) is 3.17. The molecule has 0 unspecified atom stereocenters. The topological polar surface area (TPSA) is 59.1 Å². The molecular weight excluding hydrogens is 376 g/mol. The van der Waals surface area contributed by atoms with Crippen LogP contribution in [0.1, 0.15) is 24.2 Å². The lowest BCUT2D eigenvalue weighted by molar-refractivity contribution is -0.115. The number of benzene rings is 2. The van der Waals surface area contributed by atoms with E-state index in [1.54, 1.807) is 24.3 Å². The summed E-state index contributed by atoms with van der Waals surface area (Å²) >= 11 is 8.91. The number of fused-ring (bicyclic) bond motifs is 1. The minimum Gasteiger partial charge on any atom is -0.325 e. The van der Waals surface area contributed by atoms with Crippen molar-refractivity contribution in [3.8, 4) is 0 Å². The number of halogens is 1. The zero-order valence-corrected chi connectivity index (χ0v) is 16.0. The van der Waals surface area contributed by atoms with Crippen LogP contribution in [0.25, 0.3) is 10.2 Å². The number of nitrogens with one attached hydrogen (secondary N) is 1. The van der Waals surface area contributed by atoms with E-state index in [2.05, 4.69) is 10.3 Å². The SMILES string of the molecule is CC(=O)c1cccc(NC(=O)[C@@H](C)Sc2nc3cc(Cl)ccc3s2)c1. The fourth-order valence-electron chi connectivity index (χ4n) is 2.19. The van der Waals surface area contributed by atoms with Crippen LogP contribution in [0.15, 0.2) is 46.8 Å². The molecule has 0 aliphatic carbocycles. The van der Waals surface area contributed by atoms with Crippen molar-refractivity contribution in [3.05, 3.63) is 53.1 Å². The Hall–Kier alpha value is -1.89. The van der Waals surface area contributed by atoms with Crippen molar-refractivity contribution in [2.24, 2.45) is 0 Å². The van der Waals surface area contributed by atoms with Crippen molar-refractivity contribution in [1.29, 1.82) is 0 Å². The highest BCUT2D eigenvalue weighted by Crippen LogP contribution is 2.33. The number of thiazole rings is 1. The second kappa shape index (κ2) is 7.56. The van der Waals surface area contributed by atoms with Crippen molar-refractivity contribution < 1.29 is 9.59 Å². The smallest absolute Gasteiger partial charge is 0.237 e. The van der Waals surface area contributed by atoms with Crippen LogP contribution >= 0.6 is 34.7 Å². The first-order valence-corrected chi connectivity index (χ1v) is 9.64. The highest BCUT2D eigenvalue weighted by Gasteiger charge is 2.17. The van der Waals surface area contributed by atoms with Gasteiger partial charge in [0, 0.05) is 16.3 Å². The molecule has 1 aromatic heterocycles. The monoisotopic (exact) mass is 390 g/mol. The molecule has 0 saturated heterocycles. The molecule has 0 bridgehead atoms. The van der Waals surface area contributed by atoms with Crippen molar-refractivity contribution in [2.75, 3.05) is 5.32 Å². The normalized spacial score (nSPS) is 12.1. The van der Waals surface area contributed by atoms with Crippen LogP contribution in [0.5, 0.6) is 0 Å². The predicted molar refractivity (Wildman–Crippen MR) is 105 cm³/mol. The molecule has 3 aromatic rings. The predicted octanol–water partition coefficient (Wildman–Crippen LogP) is 5.27. The molecule has 1 atom stereocenters. The van der Waals surface area contributed by atoms with Crippen LogP contribution in [-0.4, -0.2) is 21.9 Å². The summed E-state index contributed by atoms with van der Waals surface area (Å²) in [6.07, 6.45) is 0. The minimum absolute atomic E-state index is 0.0355. The second-order valence-electron chi connectivity index (χ2n) is 5.48. The molecule has 0 aliphatic rings. The van der Waals surface area contributed by atoms with E-state index in [1.165, 1.54) is 30.0 Å². The van der Waals surface area contributed by atoms with Crippen LogP contribution in [0.3, 0.4) is 0 Å². The Labute approximate surface area is 158 Å². The maximum absolute atomic E-state index is 12.4. The second-order valence-corrected chi connectivity index (χ2v) is 8.53. The number of carbonyl (C=O) groups is 2. The molecule has 0 saturated carbocycles. The van der Waals surface area contributed by atoms with Crippen LogP contribution in [0.4, 0.5) is 5.69 Å². The Morgan fingerprint density at radius 1 is 1.24 bits per heavy atom. The summed E-state index contributed by atoms with van der Waals surface area (Å²) in [4.78, 5) is 28.4. The molecule has 0 radical (unpaired) electrons. The van der Waals surface area contributed by atoms with Gasteiger partial charge in [0.25, 0.3) is 0 Å². The van der Waals surface area contributed by atoms with Gasteiger partial charge in [-0.1, -0.05) is 35.5 Å². The third-order valence-electron chi connectivity index (χ3n) is 3.51. The fourth-order valence-corrected chi connectivity index (χ4v) is 4.55. The molecule has 1 amide bonds. The van der Waals surface area contributed by atoms with Gasteiger partial charge in [-0.3, -0.25) is 9.59 Å². The van der Waals surface area contributed by atoms with Gasteiger partial charge in [-0.15, -0.1) is 11.3 Å². The lowest BCUT2D eigenvalue weighted by Crippen LogP contribution is -2.22. The third kappa shape index (κ3) is 4.39. The number of carbonyl (C=O) groups excluding carboxylic acids is 2. The molecule has 1 N–H and O–H groups in total. The molecule has 2 aromatic carbocycles. The number of rotatable bonds is 5. The highest BCUT2D eigenvalue weighted by atomic mass is 35.5. The maximum atomic E-state index is 12.4. The van der Waals surface area contributed by atoms with Crippen molar-refractivity contribution in [3.63, 3.8) is 0 Å². The van der Waals surface area contributed by atoms with Gasteiger partial charge >= 0.3 is 0 Å². The van der Waals surface area contributed by atoms with E-state index in [0.29, 0.717) is 16.3 Å². The van der Waals surface area contributed by atoms with Gasteiger partial charge in [-0.2, -0.15) is 0 Å². The number of aromatic nitrogens is 1. The molecule has 0 aliphatic heterocycles. The molecule has 3 rings (SSSR count). The third-order valence-corrected chi connectivity index (χ3v) is 5.98. The maximum Gasteiger partial charge on any atom is 0.237 e. The first-order chi connectivity index (χ1) is 11.9. The van der Waals surface area contributed by atoms with Gasteiger partial charge in [0.15, 0.2) is 10.1 Å². The first kappa shape index (κ1) is 17.9. The number of Topliss-reactive ketones (excluding diaryl/α,β-unsaturated/α-hetero) is 1. The Morgan fingerprint density at radius 2 is 2.04 bits per heavy atom. The van der Waals surface area contributed by atoms with Crippen LogP contribution in [0, 0.1) is 0 Å². The number of amides is 1. The summed E-state index contributed by atoms with van der Waals surface area (Å²) in [5.74, 6) is -0.172. The van der Waals surface area contributed by atoms with E-state index in [0.717, 1.165) is 14.6 Å². The van der Waals surface area contributed by atoms with E-state index < -0.39 is 0 Å². The minimum atomic E-state index is -0.322. The average molecular weight is 391 g/mol. The first-order valence-electron chi connectivity index (χ1n) is 7.57. The number of ketones is 1. The molecule has 25 heavy (non-hydrogen) atoms. The van der Waals surface area contributed by atoms with Gasteiger partial charge in [0.1, 0.15) is 0 Å². The Morgan fingerprint density at radius 3 is 2.80 bits per heavy atom. The number of hydrogen-bond acceptors (Lipinski definition) is 5. The van der Waals surface area contributed by atoms with Gasteiger partial charge in [0.2, 0.25) is 5.91 Å². The van der Waals surface area contributed by atoms with Gasteiger partial charge in [0.05, 0.1) is 15.5 Å². The van der Waals surface area contributed by atoms with E-state index >= 15 is 0 Å². The zero-order chi connectivity index (χ0) is 18.0. The number of nitrogens with zero attached hydrogens (tertiary/aromatic N) is 1. The summed E-state index contributed by atoms with van der Waals surface area (Å²) in [5.41, 5.74) is 2.02. The lowest BCUT2D eigenvalue weighted by atomic mass is 10.1. The summed E-state index contributed by atoms with van der Waals surface area (Å²) in [6, 6.07) is 12.5. The average Bonchev–Trinajstić information content (AvgIpc) is 2.96. The van der Waals surface area contributed by atoms with Gasteiger partial charge in [-0.25, -0.2) is 4.98 Å². The van der Waals surface area contributed by atoms with E-state index in [-0.39, 0.29) is 16.9 Å². The Kier molecular flexibility index (Phi) is 5.42. The summed E-state index contributed by atoms with van der Waals surface area (Å²) in [6.45, 7) is 3.33. The standard InChI is InChI=1S/C18H15ClN2O2S2/c1-10(22)12-4-3-5-14(8-12)20-17(23)11(2)24-18-21-15-9-13(19)6-7-16(15)25-18/h3-9,11H,1-2H3,(H,20,23)/t11-/m1/s1. The van der Waals surface area contributed by atoms with E-state index in [1.807, 2.05) is 25.1 Å². The number of anilines is 1. The fraction of sp³-hybridized carbons (Fsp3) is 0.167. The molecule has 4 nitrogen and oxygen atoms in total. The Balaban J connectivity index is 1.69. The molecule has 128 valence electrons. The summed E-state index contributed by atoms with van der Waals surface area (Å²) in [7, 11) is 0. The summed E-state index contributed by atoms with van der Waals surface area (Å²) < 4.78 is 1.85. The highest BCUT2D eigenvalue weighted by molar-refractivity contribution is 8.02. The van der Waals surface area contributed by atoms with Crippen LogP contribution in [-0.2, 0) is 4.79 Å². The zero-order valence-electron chi connectivity index (χ0n) is 13.6.